The van der Waals surface area contributed by atoms with E-state index in [1.54, 1.807) is 0 Å². The molecule has 4 nitrogen and oxygen atoms in total. The minimum absolute atomic E-state index is 0.00926. The Morgan fingerprint density at radius 1 is 1.67 bits per heavy atom. The van der Waals surface area contributed by atoms with Crippen LogP contribution in [0.15, 0.2) is 14.3 Å². The van der Waals surface area contributed by atoms with Crippen LogP contribution in [0, 0.1) is 0 Å². The molecule has 0 bridgehead atoms. The zero-order valence-corrected chi connectivity index (χ0v) is 6.61. The number of hydrogen-bond acceptors (Lipinski definition) is 3. The summed E-state index contributed by atoms with van der Waals surface area (Å²) in [4.78, 5) is 0. The van der Waals surface area contributed by atoms with E-state index in [2.05, 4.69) is 20.3 Å². The molecule has 0 amide bonds. The number of rotatable bonds is 0. The normalized spacial score (nSPS) is 23.2. The number of nitrogens with two attached hydrogens (primary N) is 1. The molecule has 1 aliphatic rings. The molecule has 0 fully saturated rings. The fourth-order valence-corrected chi connectivity index (χ4v) is 2.12. The first-order valence-electron chi connectivity index (χ1n) is 1.99. The number of halogens is 1. The average molecular weight is 211 g/mol. The van der Waals surface area contributed by atoms with Gasteiger partial charge >= 0.3 is 0 Å². The highest BCUT2D eigenvalue weighted by Gasteiger charge is 2.16. The molecule has 0 aliphatic carbocycles. The third-order valence-corrected chi connectivity index (χ3v) is 2.65. The van der Waals surface area contributed by atoms with Crippen molar-refractivity contribution in [2.24, 2.45) is 10.1 Å². The van der Waals surface area contributed by atoms with Crippen LogP contribution in [0.3, 0.4) is 0 Å². The average Bonchev–Trinajstić information content (AvgIpc) is 1.79. The van der Waals surface area contributed by atoms with E-state index in [9.17, 15) is 8.42 Å². The molecule has 0 saturated heterocycles. The molecule has 1 rings (SSSR count). The summed E-state index contributed by atoms with van der Waals surface area (Å²) < 4.78 is 24.4. The van der Waals surface area contributed by atoms with Crippen molar-refractivity contribution < 1.29 is 8.42 Å². The molecule has 1 aliphatic heterocycles. The summed E-state index contributed by atoms with van der Waals surface area (Å²) in [6, 6.07) is 0. The van der Waals surface area contributed by atoms with E-state index in [1.165, 1.54) is 0 Å². The molecular weight excluding hydrogens is 208 g/mol. The van der Waals surface area contributed by atoms with E-state index in [0.717, 1.165) is 5.41 Å². The summed E-state index contributed by atoms with van der Waals surface area (Å²) in [5.41, 5.74) is 5.11. The molecular formula is C3H3BrN2O2S. The predicted octanol–water partition coefficient (Wildman–Crippen LogP) is -0.0767. The van der Waals surface area contributed by atoms with Crippen molar-refractivity contribution in [3.8, 4) is 0 Å². The van der Waals surface area contributed by atoms with Crippen LogP contribution in [0.1, 0.15) is 0 Å². The molecule has 0 aromatic rings. The zero-order chi connectivity index (χ0) is 7.07. The van der Waals surface area contributed by atoms with Crippen LogP contribution in [0.4, 0.5) is 0 Å². The monoisotopic (exact) mass is 210 g/mol. The van der Waals surface area contributed by atoms with Crippen molar-refractivity contribution in [1.82, 2.24) is 0 Å². The lowest BCUT2D eigenvalue weighted by Gasteiger charge is -1.81. The maximum absolute atomic E-state index is 10.5. The van der Waals surface area contributed by atoms with Crippen LogP contribution in [0.25, 0.3) is 0 Å². The highest BCUT2D eigenvalue weighted by atomic mass is 79.9. The van der Waals surface area contributed by atoms with E-state index < -0.39 is 10.0 Å². The lowest BCUT2D eigenvalue weighted by molar-refractivity contribution is 0.607. The molecule has 0 aromatic heterocycles. The van der Waals surface area contributed by atoms with Crippen LogP contribution in [0.2, 0.25) is 0 Å². The van der Waals surface area contributed by atoms with Crippen molar-refractivity contribution >= 4 is 31.8 Å². The van der Waals surface area contributed by atoms with Gasteiger partial charge < -0.3 is 5.73 Å². The van der Waals surface area contributed by atoms with E-state index in [-0.39, 0.29) is 5.84 Å². The van der Waals surface area contributed by atoms with Gasteiger partial charge in [0.15, 0.2) is 5.84 Å². The number of amidine groups is 1. The van der Waals surface area contributed by atoms with Gasteiger partial charge in [-0.05, 0) is 15.9 Å². The van der Waals surface area contributed by atoms with Crippen molar-refractivity contribution in [3.63, 3.8) is 0 Å². The lowest BCUT2D eigenvalue weighted by Crippen LogP contribution is -2.07. The van der Waals surface area contributed by atoms with Crippen molar-refractivity contribution in [2.45, 2.75) is 0 Å². The van der Waals surface area contributed by atoms with E-state index in [0.29, 0.717) is 4.48 Å². The zero-order valence-electron chi connectivity index (χ0n) is 4.20. The lowest BCUT2D eigenvalue weighted by atomic mass is 10.6. The summed E-state index contributed by atoms with van der Waals surface area (Å²) in [5.74, 6) is 0.00926. The maximum atomic E-state index is 10.5. The third kappa shape index (κ3) is 1.31. The molecule has 0 radical (unpaired) electrons. The predicted molar refractivity (Wildman–Crippen MR) is 37.6 cm³/mol. The number of hydrogen-bond donors (Lipinski definition) is 1. The molecule has 0 spiro atoms. The van der Waals surface area contributed by atoms with Gasteiger partial charge in [-0.2, -0.15) is 8.42 Å². The quantitative estimate of drug-likeness (QED) is 0.609. The van der Waals surface area contributed by atoms with Gasteiger partial charge in [0.1, 0.15) is 0 Å². The fraction of sp³-hybridized carbons (Fsp3) is 0. The molecule has 0 unspecified atom stereocenters. The van der Waals surface area contributed by atoms with Gasteiger partial charge in [-0.15, -0.1) is 4.40 Å². The third-order valence-electron chi connectivity index (χ3n) is 0.723. The first-order valence-corrected chi connectivity index (χ1v) is 4.29. The van der Waals surface area contributed by atoms with Gasteiger partial charge in [0.25, 0.3) is 10.0 Å². The summed E-state index contributed by atoms with van der Waals surface area (Å²) >= 11 is 2.91. The molecule has 0 saturated carbocycles. The van der Waals surface area contributed by atoms with Crippen LogP contribution in [0.5, 0.6) is 0 Å². The van der Waals surface area contributed by atoms with Gasteiger partial charge in [0.05, 0.1) is 9.89 Å². The minimum atomic E-state index is -3.39. The Hall–Kier alpha value is -0.360. The maximum Gasteiger partial charge on any atom is 0.278 e. The SMILES string of the molecule is NC1=NS(=O)(=O)C=C1Br. The van der Waals surface area contributed by atoms with Crippen LogP contribution < -0.4 is 5.73 Å². The Labute approximate surface area is 60.6 Å². The molecule has 9 heavy (non-hydrogen) atoms. The smallest absolute Gasteiger partial charge is 0.278 e. The van der Waals surface area contributed by atoms with Crippen molar-refractivity contribution in [1.29, 1.82) is 0 Å². The van der Waals surface area contributed by atoms with Crippen LogP contribution in [-0.4, -0.2) is 14.3 Å². The summed E-state index contributed by atoms with van der Waals surface area (Å²) in [6.07, 6.45) is 0. The Balaban J connectivity index is 3.27. The van der Waals surface area contributed by atoms with E-state index in [1.807, 2.05) is 0 Å². The van der Waals surface area contributed by atoms with Gasteiger partial charge in [0.2, 0.25) is 0 Å². The number of nitrogens with zero attached hydrogens (tertiary/aromatic N) is 1. The van der Waals surface area contributed by atoms with Gasteiger partial charge in [-0.25, -0.2) is 0 Å². The Morgan fingerprint density at radius 2 is 2.22 bits per heavy atom. The Kier molecular flexibility index (Phi) is 1.36. The van der Waals surface area contributed by atoms with Crippen molar-refractivity contribution in [2.75, 3.05) is 0 Å². The van der Waals surface area contributed by atoms with E-state index in [4.69, 9.17) is 5.73 Å². The van der Waals surface area contributed by atoms with E-state index >= 15 is 0 Å². The number of sulfonamides is 1. The fourth-order valence-electron chi connectivity index (χ4n) is 0.398. The summed E-state index contributed by atoms with van der Waals surface area (Å²) in [7, 11) is -3.39. The van der Waals surface area contributed by atoms with Gasteiger partial charge in [-0.1, -0.05) is 0 Å². The second-order valence-corrected chi connectivity index (χ2v) is 3.76. The standard InChI is InChI=1S/C3H3BrN2O2S/c4-2-1-9(7,8)6-3(2)5/h1H,(H2,5,6). The van der Waals surface area contributed by atoms with Crippen LogP contribution in [-0.2, 0) is 10.0 Å². The highest BCUT2D eigenvalue weighted by Crippen LogP contribution is 2.16. The minimum Gasteiger partial charge on any atom is -0.382 e. The second kappa shape index (κ2) is 1.81. The second-order valence-electron chi connectivity index (χ2n) is 1.46. The first kappa shape index (κ1) is 6.76. The Bertz CT molecular complexity index is 265. The Morgan fingerprint density at radius 3 is 2.33 bits per heavy atom. The first-order chi connectivity index (χ1) is 4.01. The molecule has 2 N–H and O–H groups in total. The topological polar surface area (TPSA) is 72.5 Å². The van der Waals surface area contributed by atoms with Gasteiger partial charge in [0, 0.05) is 0 Å². The molecule has 6 heteroatoms. The highest BCUT2D eigenvalue weighted by molar-refractivity contribution is 9.12. The summed E-state index contributed by atoms with van der Waals surface area (Å²) in [6.45, 7) is 0. The van der Waals surface area contributed by atoms with Crippen molar-refractivity contribution in [3.05, 3.63) is 9.89 Å². The molecule has 50 valence electrons. The summed E-state index contributed by atoms with van der Waals surface area (Å²) in [5, 5.41) is 0.961. The molecule has 0 aromatic carbocycles. The molecule has 0 atom stereocenters. The largest absolute Gasteiger partial charge is 0.382 e. The molecule has 1 heterocycles. The van der Waals surface area contributed by atoms with Gasteiger partial charge in [-0.3, -0.25) is 0 Å². The van der Waals surface area contributed by atoms with Crippen LogP contribution >= 0.6 is 15.9 Å².